The van der Waals surface area contributed by atoms with Crippen LogP contribution in [0.4, 0.5) is 0 Å². The lowest BCUT2D eigenvalue weighted by atomic mass is 9.95. The quantitative estimate of drug-likeness (QED) is 0.290. The molecule has 0 amide bonds. The van der Waals surface area contributed by atoms with Crippen molar-refractivity contribution in [3.8, 4) is 0 Å². The van der Waals surface area contributed by atoms with Gasteiger partial charge in [0.05, 0.1) is 19.3 Å². The maximum absolute atomic E-state index is 10.2. The van der Waals surface area contributed by atoms with Gasteiger partial charge in [0, 0.05) is 7.11 Å². The second kappa shape index (κ2) is 8.32. The predicted octanol–water partition coefficient (Wildman–Crippen LogP) is -3.67. The zero-order valence-electron chi connectivity index (χ0n) is 13.5. The van der Waals surface area contributed by atoms with Crippen molar-refractivity contribution in [1.82, 2.24) is 0 Å². The van der Waals surface area contributed by atoms with Crippen LogP contribution < -0.4 is 0 Å². The highest BCUT2D eigenvalue weighted by atomic mass is 16.7. The van der Waals surface area contributed by atoms with Crippen LogP contribution in [0.3, 0.4) is 0 Å². The van der Waals surface area contributed by atoms with E-state index in [0.717, 1.165) is 0 Å². The molecule has 0 aromatic carbocycles. The van der Waals surface area contributed by atoms with Gasteiger partial charge in [-0.05, 0) is 6.92 Å². The maximum Gasteiger partial charge on any atom is 0.187 e. The highest BCUT2D eigenvalue weighted by Gasteiger charge is 2.50. The van der Waals surface area contributed by atoms with Gasteiger partial charge in [-0.25, -0.2) is 0 Å². The van der Waals surface area contributed by atoms with Crippen molar-refractivity contribution in [2.24, 2.45) is 0 Å². The normalized spacial score (nSPS) is 50.0. The molecule has 2 saturated heterocycles. The summed E-state index contributed by atoms with van der Waals surface area (Å²) in [4.78, 5) is 0. The van der Waals surface area contributed by atoms with E-state index in [1.165, 1.54) is 7.11 Å². The second-order valence-corrected chi connectivity index (χ2v) is 6.05. The van der Waals surface area contributed by atoms with Crippen LogP contribution in [0.2, 0.25) is 0 Å². The molecule has 2 aliphatic rings. The number of methoxy groups -OCH3 is 1. The van der Waals surface area contributed by atoms with Gasteiger partial charge in [0.1, 0.15) is 48.8 Å². The number of rotatable bonds is 5. The number of hydrogen-bond acceptors (Lipinski definition) is 10. The zero-order chi connectivity index (χ0) is 18.0. The fraction of sp³-hybridized carbons (Fsp3) is 1.00. The van der Waals surface area contributed by atoms with Crippen LogP contribution in [0.1, 0.15) is 6.92 Å². The molecule has 6 N–H and O–H groups in total. The van der Waals surface area contributed by atoms with Crippen LogP contribution in [0.5, 0.6) is 0 Å². The topological polar surface area (TPSA) is 158 Å². The molecule has 10 nitrogen and oxygen atoms in total. The third-order valence-electron chi connectivity index (χ3n) is 4.49. The van der Waals surface area contributed by atoms with Crippen molar-refractivity contribution < 1.29 is 49.6 Å². The molecule has 0 spiro atoms. The Hall–Kier alpha value is -0.400. The number of aliphatic hydroxyl groups is 6. The largest absolute Gasteiger partial charge is 0.394 e. The summed E-state index contributed by atoms with van der Waals surface area (Å²) in [5.74, 6) is 0. The first-order valence-electron chi connectivity index (χ1n) is 7.78. The SMILES string of the molecule is COC1[C@H](O)C(CO)O[C@@H](OC2[C@H](O)C(C)OC(CO)[C@H]2O)[C@H]1O. The van der Waals surface area contributed by atoms with Crippen molar-refractivity contribution >= 4 is 0 Å². The first-order valence-corrected chi connectivity index (χ1v) is 7.78. The van der Waals surface area contributed by atoms with E-state index < -0.39 is 74.4 Å². The van der Waals surface area contributed by atoms with Gasteiger partial charge < -0.3 is 49.6 Å². The average Bonchev–Trinajstić information content (AvgIpc) is 2.57. The summed E-state index contributed by atoms with van der Waals surface area (Å²) in [6, 6.07) is 0. The molecule has 0 saturated carbocycles. The summed E-state index contributed by atoms with van der Waals surface area (Å²) < 4.78 is 21.1. The number of ether oxygens (including phenoxy) is 4. The molecule has 10 heteroatoms. The van der Waals surface area contributed by atoms with Gasteiger partial charge in [0.15, 0.2) is 6.29 Å². The van der Waals surface area contributed by atoms with Crippen LogP contribution in [-0.4, -0.2) is 112 Å². The van der Waals surface area contributed by atoms with Crippen molar-refractivity contribution in [2.75, 3.05) is 20.3 Å². The molecular weight excluding hydrogens is 328 g/mol. The van der Waals surface area contributed by atoms with Gasteiger partial charge in [-0.1, -0.05) is 0 Å². The third kappa shape index (κ3) is 3.73. The van der Waals surface area contributed by atoms with Crippen molar-refractivity contribution in [2.45, 2.75) is 68.1 Å². The molecular formula is C14H26O10. The van der Waals surface area contributed by atoms with Gasteiger partial charge >= 0.3 is 0 Å². The Kier molecular flexibility index (Phi) is 6.90. The minimum Gasteiger partial charge on any atom is -0.394 e. The van der Waals surface area contributed by atoms with Crippen LogP contribution in [-0.2, 0) is 18.9 Å². The minimum atomic E-state index is -1.42. The zero-order valence-corrected chi connectivity index (χ0v) is 13.5. The lowest BCUT2D eigenvalue weighted by Gasteiger charge is -2.46. The van der Waals surface area contributed by atoms with Crippen LogP contribution in [0.25, 0.3) is 0 Å². The molecule has 2 aliphatic heterocycles. The summed E-state index contributed by atoms with van der Waals surface area (Å²) in [6.07, 6.45) is -11.7. The van der Waals surface area contributed by atoms with Crippen LogP contribution in [0.15, 0.2) is 0 Å². The molecule has 5 unspecified atom stereocenters. The fourth-order valence-corrected chi connectivity index (χ4v) is 3.03. The van der Waals surface area contributed by atoms with E-state index in [9.17, 15) is 30.6 Å². The number of aliphatic hydroxyl groups excluding tert-OH is 6. The lowest BCUT2D eigenvalue weighted by molar-refractivity contribution is -0.342. The highest BCUT2D eigenvalue weighted by molar-refractivity contribution is 4.95. The van der Waals surface area contributed by atoms with Crippen LogP contribution >= 0.6 is 0 Å². The molecule has 24 heavy (non-hydrogen) atoms. The van der Waals surface area contributed by atoms with Gasteiger partial charge in [0.2, 0.25) is 0 Å². The summed E-state index contributed by atoms with van der Waals surface area (Å²) in [7, 11) is 1.27. The molecule has 0 bridgehead atoms. The van der Waals surface area contributed by atoms with Gasteiger partial charge in [-0.2, -0.15) is 0 Å². The summed E-state index contributed by atoms with van der Waals surface area (Å²) in [5.41, 5.74) is 0. The molecule has 0 radical (unpaired) electrons. The van der Waals surface area contributed by atoms with Crippen molar-refractivity contribution in [3.05, 3.63) is 0 Å². The van der Waals surface area contributed by atoms with Gasteiger partial charge in [0.25, 0.3) is 0 Å². The molecule has 2 rings (SSSR count). The fourth-order valence-electron chi connectivity index (χ4n) is 3.03. The molecule has 0 aromatic heterocycles. The molecule has 0 aromatic rings. The molecule has 0 aliphatic carbocycles. The predicted molar refractivity (Wildman–Crippen MR) is 76.9 cm³/mol. The van der Waals surface area contributed by atoms with Crippen LogP contribution in [0, 0.1) is 0 Å². The van der Waals surface area contributed by atoms with Gasteiger partial charge in [-0.3, -0.25) is 0 Å². The first kappa shape index (κ1) is 19.9. The third-order valence-corrected chi connectivity index (χ3v) is 4.49. The van der Waals surface area contributed by atoms with E-state index in [2.05, 4.69) is 0 Å². The van der Waals surface area contributed by atoms with E-state index in [1.54, 1.807) is 6.92 Å². The van der Waals surface area contributed by atoms with Crippen molar-refractivity contribution in [1.29, 1.82) is 0 Å². The standard InChI is InChI=1S/C14H26O10/c1-5-8(17)13(10(19)6(3-15)22-5)24-14-11(20)12(21-2)9(18)7(4-16)23-14/h5-20H,3-4H2,1-2H3/t5?,6?,7?,8-,9-,10-,11+,12?,13?,14+/m1/s1. The Balaban J connectivity index is 2.14. The summed E-state index contributed by atoms with van der Waals surface area (Å²) in [6.45, 7) is 0.527. The van der Waals surface area contributed by atoms with Crippen molar-refractivity contribution in [3.63, 3.8) is 0 Å². The second-order valence-electron chi connectivity index (χ2n) is 6.05. The van der Waals surface area contributed by atoms with E-state index in [-0.39, 0.29) is 0 Å². The maximum atomic E-state index is 10.2. The Labute approximate surface area is 139 Å². The Bertz CT molecular complexity index is 396. The average molecular weight is 354 g/mol. The Morgan fingerprint density at radius 3 is 1.88 bits per heavy atom. The molecule has 10 atom stereocenters. The van der Waals surface area contributed by atoms with Gasteiger partial charge in [-0.15, -0.1) is 0 Å². The molecule has 2 heterocycles. The number of hydrogen-bond donors (Lipinski definition) is 6. The summed E-state index contributed by atoms with van der Waals surface area (Å²) in [5, 5.41) is 59.1. The highest BCUT2D eigenvalue weighted by Crippen LogP contribution is 2.29. The minimum absolute atomic E-state index is 0.481. The van der Waals surface area contributed by atoms with E-state index in [0.29, 0.717) is 0 Å². The Morgan fingerprint density at radius 1 is 0.792 bits per heavy atom. The molecule has 2 fully saturated rings. The summed E-state index contributed by atoms with van der Waals surface area (Å²) >= 11 is 0. The van der Waals surface area contributed by atoms with E-state index >= 15 is 0 Å². The Morgan fingerprint density at radius 2 is 1.33 bits per heavy atom. The lowest BCUT2D eigenvalue weighted by Crippen LogP contribution is -2.64. The monoisotopic (exact) mass is 354 g/mol. The van der Waals surface area contributed by atoms with E-state index in [4.69, 9.17) is 18.9 Å². The first-order chi connectivity index (χ1) is 11.3. The van der Waals surface area contributed by atoms with E-state index in [1.807, 2.05) is 0 Å². The smallest absolute Gasteiger partial charge is 0.187 e. The molecule has 142 valence electrons.